The van der Waals surface area contributed by atoms with E-state index >= 15 is 0 Å². The zero-order chi connectivity index (χ0) is 24.3. The summed E-state index contributed by atoms with van der Waals surface area (Å²) >= 11 is 3.38. The van der Waals surface area contributed by atoms with Crippen LogP contribution in [0.5, 0.6) is 11.5 Å². The molecule has 3 aromatic carbocycles. The van der Waals surface area contributed by atoms with E-state index in [0.717, 1.165) is 10.0 Å². The van der Waals surface area contributed by atoms with Gasteiger partial charge in [0.1, 0.15) is 23.1 Å². The van der Waals surface area contributed by atoms with Crippen LogP contribution in [0.15, 0.2) is 82.8 Å². The molecule has 0 radical (unpaired) electrons. The van der Waals surface area contributed by atoms with Crippen LogP contribution >= 0.6 is 15.9 Å². The molecule has 172 valence electrons. The lowest BCUT2D eigenvalue weighted by Gasteiger charge is -2.11. The first-order chi connectivity index (χ1) is 16.5. The molecule has 0 aromatic heterocycles. The van der Waals surface area contributed by atoms with Gasteiger partial charge in [-0.2, -0.15) is 5.26 Å². The van der Waals surface area contributed by atoms with Crippen molar-refractivity contribution in [1.82, 2.24) is 5.32 Å². The highest BCUT2D eigenvalue weighted by Crippen LogP contribution is 2.26. The molecule has 34 heavy (non-hydrogen) atoms. The van der Waals surface area contributed by atoms with Gasteiger partial charge in [-0.25, -0.2) is 0 Å². The Bertz CT molecular complexity index is 1220. The molecule has 0 spiro atoms. The van der Waals surface area contributed by atoms with E-state index in [1.807, 2.05) is 36.4 Å². The highest BCUT2D eigenvalue weighted by atomic mass is 79.9. The first-order valence-corrected chi connectivity index (χ1v) is 11.1. The summed E-state index contributed by atoms with van der Waals surface area (Å²) in [6.45, 7) is 0.0443. The Morgan fingerprint density at radius 1 is 1.06 bits per heavy atom. The molecule has 0 aliphatic rings. The summed E-state index contributed by atoms with van der Waals surface area (Å²) in [6, 6.07) is 23.4. The topological polar surface area (TPSA) is 100 Å². The molecule has 2 N–H and O–H groups in total. The minimum Gasteiger partial charge on any atom is -0.497 e. The van der Waals surface area contributed by atoms with Gasteiger partial charge in [0, 0.05) is 22.3 Å². The number of hydrogen-bond acceptors (Lipinski definition) is 5. The average molecular weight is 520 g/mol. The second kappa shape index (κ2) is 12.2. The number of nitriles is 1. The van der Waals surface area contributed by atoms with E-state index in [-0.39, 0.29) is 18.1 Å². The summed E-state index contributed by atoms with van der Waals surface area (Å²) in [5.74, 6) is 0.178. The van der Waals surface area contributed by atoms with Crippen molar-refractivity contribution in [2.45, 2.75) is 6.54 Å². The molecule has 0 aliphatic carbocycles. The molecule has 0 saturated heterocycles. The summed E-state index contributed by atoms with van der Waals surface area (Å²) in [5, 5.41) is 15.0. The Morgan fingerprint density at radius 3 is 2.47 bits per heavy atom. The van der Waals surface area contributed by atoms with Gasteiger partial charge < -0.3 is 20.1 Å². The van der Waals surface area contributed by atoms with E-state index < -0.39 is 5.91 Å². The third kappa shape index (κ3) is 7.22. The summed E-state index contributed by atoms with van der Waals surface area (Å²) < 4.78 is 11.5. The van der Waals surface area contributed by atoms with Crippen LogP contribution in [0.3, 0.4) is 0 Å². The molecule has 0 unspecified atom stereocenters. The molecular weight excluding hydrogens is 498 g/mol. The Kier molecular flexibility index (Phi) is 8.83. The number of carbonyl (C=O) groups excluding carboxylic acids is 2. The number of benzene rings is 3. The number of rotatable bonds is 9. The third-order valence-corrected chi connectivity index (χ3v) is 5.16. The van der Waals surface area contributed by atoms with E-state index in [1.165, 1.54) is 6.08 Å². The van der Waals surface area contributed by atoms with Gasteiger partial charge in [0.25, 0.3) is 11.8 Å². The van der Waals surface area contributed by atoms with Gasteiger partial charge in [-0.05, 0) is 54.1 Å². The van der Waals surface area contributed by atoms with Crippen molar-refractivity contribution in [2.75, 3.05) is 19.0 Å². The van der Waals surface area contributed by atoms with Gasteiger partial charge in [0.05, 0.1) is 7.11 Å². The van der Waals surface area contributed by atoms with E-state index in [9.17, 15) is 14.9 Å². The molecule has 2 amide bonds. The minimum absolute atomic E-state index is 0.0819. The van der Waals surface area contributed by atoms with Crippen molar-refractivity contribution in [2.24, 2.45) is 0 Å². The number of nitrogens with one attached hydrogen (secondary N) is 2. The molecule has 3 aromatic rings. The SMILES string of the molecule is COc1ccc(NC(=O)COc2ccc(Br)cc2/C=C(\C#N)C(=O)NCc2ccccc2)cc1. The van der Waals surface area contributed by atoms with Gasteiger partial charge in [-0.1, -0.05) is 46.3 Å². The molecule has 0 bridgehead atoms. The highest BCUT2D eigenvalue weighted by molar-refractivity contribution is 9.10. The Hall–Kier alpha value is -4.09. The van der Waals surface area contributed by atoms with Crippen LogP contribution in [0.1, 0.15) is 11.1 Å². The Balaban J connectivity index is 1.67. The Labute approximate surface area is 206 Å². The predicted molar refractivity (Wildman–Crippen MR) is 133 cm³/mol. The van der Waals surface area contributed by atoms with E-state index in [1.54, 1.807) is 49.6 Å². The van der Waals surface area contributed by atoms with Crippen LogP contribution in [0.25, 0.3) is 6.08 Å². The van der Waals surface area contributed by atoms with E-state index in [4.69, 9.17) is 9.47 Å². The van der Waals surface area contributed by atoms with E-state index in [0.29, 0.717) is 29.3 Å². The summed E-state index contributed by atoms with van der Waals surface area (Å²) in [4.78, 5) is 24.9. The summed E-state index contributed by atoms with van der Waals surface area (Å²) in [7, 11) is 1.57. The van der Waals surface area contributed by atoms with Crippen LogP contribution in [0, 0.1) is 11.3 Å². The lowest BCUT2D eigenvalue weighted by atomic mass is 10.1. The number of anilines is 1. The quantitative estimate of drug-likeness (QED) is 0.315. The second-order valence-electron chi connectivity index (χ2n) is 7.09. The number of carbonyl (C=O) groups is 2. The third-order valence-electron chi connectivity index (χ3n) is 4.67. The van der Waals surface area contributed by atoms with Gasteiger partial charge in [-0.3, -0.25) is 9.59 Å². The molecule has 0 heterocycles. The molecular formula is C26H22BrN3O4. The fourth-order valence-corrected chi connectivity index (χ4v) is 3.33. The molecule has 8 heteroatoms. The standard InChI is InChI=1S/C26H22BrN3O4/c1-33-23-10-8-22(9-11-23)30-25(31)17-34-24-12-7-21(27)14-19(24)13-20(15-28)26(32)29-16-18-5-3-2-4-6-18/h2-14H,16-17H2,1H3,(H,29,32)(H,30,31)/b20-13+. The zero-order valence-electron chi connectivity index (χ0n) is 18.4. The zero-order valence-corrected chi connectivity index (χ0v) is 20.0. The van der Waals surface area contributed by atoms with Crippen molar-refractivity contribution >= 4 is 39.5 Å². The number of hydrogen-bond donors (Lipinski definition) is 2. The molecule has 3 rings (SSSR count). The Morgan fingerprint density at radius 2 is 1.79 bits per heavy atom. The van der Waals surface area contributed by atoms with E-state index in [2.05, 4.69) is 26.6 Å². The molecule has 0 atom stereocenters. The number of nitrogens with zero attached hydrogens (tertiary/aromatic N) is 1. The predicted octanol–water partition coefficient (Wildman–Crippen LogP) is 4.70. The van der Waals surface area contributed by atoms with Gasteiger partial charge >= 0.3 is 0 Å². The smallest absolute Gasteiger partial charge is 0.262 e. The largest absolute Gasteiger partial charge is 0.497 e. The van der Waals surface area contributed by atoms with Gasteiger partial charge in [0.15, 0.2) is 6.61 Å². The fraction of sp³-hybridized carbons (Fsp3) is 0.115. The van der Waals surface area contributed by atoms with Crippen LogP contribution < -0.4 is 20.1 Å². The average Bonchev–Trinajstić information content (AvgIpc) is 2.86. The normalized spacial score (nSPS) is 10.7. The monoisotopic (exact) mass is 519 g/mol. The van der Waals surface area contributed by atoms with Crippen molar-refractivity contribution in [3.8, 4) is 17.6 Å². The highest BCUT2D eigenvalue weighted by Gasteiger charge is 2.13. The van der Waals surface area contributed by atoms with Crippen molar-refractivity contribution in [3.63, 3.8) is 0 Å². The van der Waals surface area contributed by atoms with Crippen LogP contribution in [-0.2, 0) is 16.1 Å². The van der Waals surface area contributed by atoms with Crippen LogP contribution in [0.2, 0.25) is 0 Å². The first-order valence-electron chi connectivity index (χ1n) is 10.3. The maximum atomic E-state index is 12.5. The number of halogens is 1. The van der Waals surface area contributed by atoms with Crippen molar-refractivity contribution in [1.29, 1.82) is 5.26 Å². The first kappa shape index (κ1) is 24.6. The number of amides is 2. The summed E-state index contributed by atoms with van der Waals surface area (Å²) in [5.41, 5.74) is 1.93. The second-order valence-corrected chi connectivity index (χ2v) is 8.00. The maximum Gasteiger partial charge on any atom is 0.262 e. The maximum absolute atomic E-state index is 12.5. The van der Waals surface area contributed by atoms with Crippen molar-refractivity contribution < 1.29 is 19.1 Å². The van der Waals surface area contributed by atoms with Crippen LogP contribution in [0.4, 0.5) is 5.69 Å². The molecule has 0 saturated carbocycles. The minimum atomic E-state index is -0.505. The molecule has 7 nitrogen and oxygen atoms in total. The molecule has 0 fully saturated rings. The number of ether oxygens (including phenoxy) is 2. The molecule has 0 aliphatic heterocycles. The number of methoxy groups -OCH3 is 1. The van der Waals surface area contributed by atoms with Crippen LogP contribution in [-0.4, -0.2) is 25.5 Å². The lowest BCUT2D eigenvalue weighted by Crippen LogP contribution is -2.24. The van der Waals surface area contributed by atoms with Gasteiger partial charge in [-0.15, -0.1) is 0 Å². The van der Waals surface area contributed by atoms with Crippen molar-refractivity contribution in [3.05, 3.63) is 94.0 Å². The summed E-state index contributed by atoms with van der Waals surface area (Å²) in [6.07, 6.45) is 1.43. The lowest BCUT2D eigenvalue weighted by molar-refractivity contribution is -0.118. The van der Waals surface area contributed by atoms with Gasteiger partial charge in [0.2, 0.25) is 0 Å². The fourth-order valence-electron chi connectivity index (χ4n) is 2.96.